The SMILES string of the molecule is CC(C(=O)Nc1ccc([N+](=O)[O-])cc1)N(C)CC(=O)Nc1cccc(F)c1. The summed E-state index contributed by atoms with van der Waals surface area (Å²) < 4.78 is 13.1. The van der Waals surface area contributed by atoms with Gasteiger partial charge in [-0.15, -0.1) is 0 Å². The normalized spacial score (nSPS) is 11.7. The third-order valence-electron chi connectivity index (χ3n) is 3.89. The van der Waals surface area contributed by atoms with Gasteiger partial charge in [0.1, 0.15) is 5.82 Å². The summed E-state index contributed by atoms with van der Waals surface area (Å²) in [5, 5.41) is 15.8. The molecular formula is C18H19FN4O4. The minimum Gasteiger partial charge on any atom is -0.325 e. The molecule has 0 aliphatic rings. The molecule has 0 spiro atoms. The average Bonchev–Trinajstić information content (AvgIpc) is 2.61. The molecule has 0 aromatic heterocycles. The molecular weight excluding hydrogens is 355 g/mol. The second-order valence-electron chi connectivity index (χ2n) is 5.94. The number of anilines is 2. The highest BCUT2D eigenvalue weighted by Crippen LogP contribution is 2.16. The number of carbonyl (C=O) groups excluding carboxylic acids is 2. The van der Waals surface area contributed by atoms with Crippen LogP contribution in [0.15, 0.2) is 48.5 Å². The number of nitro groups is 1. The number of likely N-dealkylation sites (N-methyl/N-ethyl adjacent to an activating group) is 1. The lowest BCUT2D eigenvalue weighted by Gasteiger charge is -2.23. The molecule has 0 bridgehead atoms. The summed E-state index contributed by atoms with van der Waals surface area (Å²) >= 11 is 0. The van der Waals surface area contributed by atoms with Crippen molar-refractivity contribution in [2.45, 2.75) is 13.0 Å². The molecule has 0 fully saturated rings. The Bertz CT molecular complexity index is 842. The van der Waals surface area contributed by atoms with Crippen LogP contribution in [0.3, 0.4) is 0 Å². The second-order valence-corrected chi connectivity index (χ2v) is 5.94. The van der Waals surface area contributed by atoms with E-state index in [0.717, 1.165) is 0 Å². The number of non-ortho nitro benzene ring substituents is 1. The summed E-state index contributed by atoms with van der Waals surface area (Å²) in [5.74, 6) is -1.22. The maximum absolute atomic E-state index is 13.1. The molecule has 2 aromatic carbocycles. The molecule has 2 rings (SSSR count). The van der Waals surface area contributed by atoms with Crippen molar-refractivity contribution in [1.82, 2.24) is 4.90 Å². The van der Waals surface area contributed by atoms with Crippen molar-refractivity contribution in [1.29, 1.82) is 0 Å². The zero-order valence-corrected chi connectivity index (χ0v) is 14.8. The number of hydrogen-bond donors (Lipinski definition) is 2. The van der Waals surface area contributed by atoms with E-state index in [1.54, 1.807) is 20.0 Å². The molecule has 1 unspecified atom stereocenters. The Morgan fingerprint density at radius 2 is 1.81 bits per heavy atom. The largest absolute Gasteiger partial charge is 0.325 e. The van der Waals surface area contributed by atoms with Crippen LogP contribution >= 0.6 is 0 Å². The fourth-order valence-electron chi connectivity index (χ4n) is 2.24. The monoisotopic (exact) mass is 374 g/mol. The Morgan fingerprint density at radius 3 is 2.41 bits per heavy atom. The Balaban J connectivity index is 1.89. The van der Waals surface area contributed by atoms with Crippen molar-refractivity contribution >= 4 is 28.9 Å². The van der Waals surface area contributed by atoms with Gasteiger partial charge in [0.25, 0.3) is 5.69 Å². The number of nitrogens with zero attached hydrogens (tertiary/aromatic N) is 2. The van der Waals surface area contributed by atoms with Gasteiger partial charge in [0, 0.05) is 23.5 Å². The first-order valence-corrected chi connectivity index (χ1v) is 8.07. The van der Waals surface area contributed by atoms with Gasteiger partial charge in [-0.1, -0.05) is 6.07 Å². The van der Waals surface area contributed by atoms with Gasteiger partial charge >= 0.3 is 0 Å². The first-order valence-electron chi connectivity index (χ1n) is 8.07. The summed E-state index contributed by atoms with van der Waals surface area (Å²) in [5.41, 5.74) is 0.665. The molecule has 0 aliphatic heterocycles. The minimum absolute atomic E-state index is 0.0767. The van der Waals surface area contributed by atoms with E-state index in [0.29, 0.717) is 11.4 Å². The number of nitro benzene ring substituents is 1. The van der Waals surface area contributed by atoms with E-state index < -0.39 is 22.7 Å². The van der Waals surface area contributed by atoms with E-state index in [1.165, 1.54) is 47.4 Å². The molecule has 8 nitrogen and oxygen atoms in total. The molecule has 27 heavy (non-hydrogen) atoms. The predicted octanol–water partition coefficient (Wildman–Crippen LogP) is 2.63. The maximum Gasteiger partial charge on any atom is 0.269 e. The van der Waals surface area contributed by atoms with Gasteiger partial charge in [-0.25, -0.2) is 4.39 Å². The van der Waals surface area contributed by atoms with Gasteiger partial charge in [-0.05, 0) is 44.3 Å². The molecule has 2 N–H and O–H groups in total. The van der Waals surface area contributed by atoms with Crippen LogP contribution in [-0.4, -0.2) is 41.3 Å². The molecule has 2 aromatic rings. The van der Waals surface area contributed by atoms with Crippen LogP contribution < -0.4 is 10.6 Å². The Morgan fingerprint density at radius 1 is 1.15 bits per heavy atom. The van der Waals surface area contributed by atoms with E-state index in [1.807, 2.05) is 0 Å². The number of halogens is 1. The third-order valence-corrected chi connectivity index (χ3v) is 3.89. The van der Waals surface area contributed by atoms with Crippen LogP contribution in [0.4, 0.5) is 21.5 Å². The number of rotatable bonds is 7. The zero-order valence-electron chi connectivity index (χ0n) is 14.8. The Hall–Kier alpha value is -3.33. The number of amides is 2. The second kappa shape index (κ2) is 8.86. The van der Waals surface area contributed by atoms with Crippen LogP contribution in [0.25, 0.3) is 0 Å². The Labute approximate surface area is 155 Å². The molecule has 0 saturated heterocycles. The van der Waals surface area contributed by atoms with Crippen LogP contribution in [0.1, 0.15) is 6.92 Å². The summed E-state index contributed by atoms with van der Waals surface area (Å²) in [6.07, 6.45) is 0. The minimum atomic E-state index is -0.640. The van der Waals surface area contributed by atoms with Gasteiger partial charge < -0.3 is 10.6 Å². The molecule has 2 amide bonds. The highest BCUT2D eigenvalue weighted by atomic mass is 19.1. The van der Waals surface area contributed by atoms with Crippen molar-refractivity contribution in [2.75, 3.05) is 24.2 Å². The fraction of sp³-hybridized carbons (Fsp3) is 0.222. The third kappa shape index (κ3) is 5.86. The zero-order chi connectivity index (χ0) is 20.0. The van der Waals surface area contributed by atoms with Crippen LogP contribution in [0.5, 0.6) is 0 Å². The molecule has 9 heteroatoms. The van der Waals surface area contributed by atoms with E-state index in [9.17, 15) is 24.1 Å². The summed E-state index contributed by atoms with van der Waals surface area (Å²) in [6.45, 7) is 1.54. The first kappa shape index (κ1) is 20.0. The number of hydrogen-bond acceptors (Lipinski definition) is 5. The lowest BCUT2D eigenvalue weighted by Crippen LogP contribution is -2.43. The molecule has 1 atom stereocenters. The topological polar surface area (TPSA) is 105 Å². The lowest BCUT2D eigenvalue weighted by molar-refractivity contribution is -0.384. The van der Waals surface area contributed by atoms with Crippen LogP contribution in [0.2, 0.25) is 0 Å². The Kier molecular flexibility index (Phi) is 6.56. The van der Waals surface area contributed by atoms with E-state index in [-0.39, 0.29) is 18.1 Å². The van der Waals surface area contributed by atoms with Crippen molar-refractivity contribution < 1.29 is 18.9 Å². The van der Waals surface area contributed by atoms with Gasteiger partial charge in [0.05, 0.1) is 17.5 Å². The maximum atomic E-state index is 13.1. The van der Waals surface area contributed by atoms with E-state index in [4.69, 9.17) is 0 Å². The average molecular weight is 374 g/mol. The predicted molar refractivity (Wildman–Crippen MR) is 98.8 cm³/mol. The van der Waals surface area contributed by atoms with E-state index in [2.05, 4.69) is 10.6 Å². The standard InChI is InChI=1S/C18H19FN4O4/c1-12(18(25)21-14-6-8-16(9-7-14)23(26)27)22(2)11-17(24)20-15-5-3-4-13(19)10-15/h3-10,12H,11H2,1-2H3,(H,20,24)(H,21,25). The van der Waals surface area contributed by atoms with Crippen molar-refractivity contribution in [3.63, 3.8) is 0 Å². The highest BCUT2D eigenvalue weighted by Gasteiger charge is 2.20. The van der Waals surface area contributed by atoms with Gasteiger partial charge in [0.2, 0.25) is 11.8 Å². The molecule has 0 radical (unpaired) electrons. The quantitative estimate of drug-likeness (QED) is 0.573. The van der Waals surface area contributed by atoms with Crippen molar-refractivity contribution in [3.8, 4) is 0 Å². The molecule has 0 aliphatic carbocycles. The smallest absolute Gasteiger partial charge is 0.269 e. The number of nitrogens with one attached hydrogen (secondary N) is 2. The van der Waals surface area contributed by atoms with Crippen LogP contribution in [-0.2, 0) is 9.59 Å². The summed E-state index contributed by atoms with van der Waals surface area (Å²) in [7, 11) is 1.60. The lowest BCUT2D eigenvalue weighted by atomic mass is 10.2. The van der Waals surface area contributed by atoms with Crippen molar-refractivity contribution in [2.24, 2.45) is 0 Å². The van der Waals surface area contributed by atoms with Gasteiger partial charge in [-0.3, -0.25) is 24.6 Å². The summed E-state index contributed by atoms with van der Waals surface area (Å²) in [6, 6.07) is 10.3. The number of carbonyl (C=O) groups is 2. The van der Waals surface area contributed by atoms with Crippen molar-refractivity contribution in [3.05, 3.63) is 64.5 Å². The number of benzene rings is 2. The molecule has 142 valence electrons. The first-order chi connectivity index (χ1) is 12.8. The summed E-state index contributed by atoms with van der Waals surface area (Å²) in [4.78, 5) is 36.0. The highest BCUT2D eigenvalue weighted by molar-refractivity contribution is 5.96. The fourth-order valence-corrected chi connectivity index (χ4v) is 2.24. The molecule has 0 saturated carbocycles. The molecule has 0 heterocycles. The van der Waals surface area contributed by atoms with Gasteiger partial charge in [0.15, 0.2) is 0 Å². The van der Waals surface area contributed by atoms with E-state index >= 15 is 0 Å². The van der Waals surface area contributed by atoms with Crippen LogP contribution in [0, 0.1) is 15.9 Å². The van der Waals surface area contributed by atoms with Gasteiger partial charge in [-0.2, -0.15) is 0 Å².